The number of halogens is 2. The molecule has 0 fully saturated rings. The molecule has 0 spiro atoms. The Balaban J connectivity index is 2.07. The predicted molar refractivity (Wildman–Crippen MR) is 83.5 cm³/mol. The molecule has 0 aliphatic rings. The van der Waals surface area contributed by atoms with Crippen LogP contribution in [0.1, 0.15) is 15.2 Å². The second-order valence-corrected chi connectivity index (χ2v) is 5.95. The number of nitro benzene ring substituents is 1. The number of nitro groups is 1. The summed E-state index contributed by atoms with van der Waals surface area (Å²) in [6.07, 6.45) is 0.701. The van der Waals surface area contributed by atoms with Crippen LogP contribution >= 0.6 is 34.5 Å². The zero-order valence-electron chi connectivity index (χ0n) is 10.6. The zero-order chi connectivity index (χ0) is 15.4. The Morgan fingerprint density at radius 3 is 2.76 bits per heavy atom. The van der Waals surface area contributed by atoms with Crippen molar-refractivity contribution in [1.29, 1.82) is 0 Å². The highest BCUT2D eigenvalue weighted by molar-refractivity contribution is 7.09. The van der Waals surface area contributed by atoms with Gasteiger partial charge in [0.05, 0.1) is 9.95 Å². The van der Waals surface area contributed by atoms with Gasteiger partial charge in [-0.15, -0.1) is 11.3 Å². The van der Waals surface area contributed by atoms with E-state index in [9.17, 15) is 14.9 Å². The Hall–Kier alpha value is -1.63. The van der Waals surface area contributed by atoms with Crippen molar-refractivity contribution in [3.63, 3.8) is 0 Å². The van der Waals surface area contributed by atoms with E-state index in [2.05, 4.69) is 5.32 Å². The van der Waals surface area contributed by atoms with Crippen LogP contribution in [-0.2, 0) is 6.42 Å². The molecule has 110 valence electrons. The van der Waals surface area contributed by atoms with Gasteiger partial charge in [-0.1, -0.05) is 29.3 Å². The Morgan fingerprint density at radius 2 is 2.14 bits per heavy atom. The molecule has 2 rings (SSSR count). The topological polar surface area (TPSA) is 72.2 Å². The first-order chi connectivity index (χ1) is 9.99. The number of nitrogens with one attached hydrogen (secondary N) is 1. The molecule has 1 aromatic carbocycles. The minimum absolute atomic E-state index is 0.0192. The summed E-state index contributed by atoms with van der Waals surface area (Å²) in [4.78, 5) is 23.3. The maximum atomic E-state index is 12.0. The number of carbonyl (C=O) groups is 1. The number of amides is 1. The summed E-state index contributed by atoms with van der Waals surface area (Å²) in [6, 6.07) is 6.34. The van der Waals surface area contributed by atoms with Crippen LogP contribution in [0.3, 0.4) is 0 Å². The number of rotatable bonds is 5. The fourth-order valence-electron chi connectivity index (χ4n) is 1.69. The van der Waals surface area contributed by atoms with Crippen molar-refractivity contribution in [3.05, 3.63) is 60.2 Å². The number of nitrogens with zero attached hydrogens (tertiary/aromatic N) is 1. The molecule has 0 bridgehead atoms. The van der Waals surface area contributed by atoms with E-state index in [0.717, 1.165) is 10.9 Å². The van der Waals surface area contributed by atoms with Crippen LogP contribution in [0.15, 0.2) is 29.6 Å². The molecule has 21 heavy (non-hydrogen) atoms. The largest absolute Gasteiger partial charge is 0.352 e. The highest BCUT2D eigenvalue weighted by atomic mass is 35.5. The molecule has 0 aliphatic heterocycles. The molecule has 2 aromatic rings. The lowest BCUT2D eigenvalue weighted by atomic mass is 10.2. The lowest BCUT2D eigenvalue weighted by molar-refractivity contribution is -0.384. The van der Waals surface area contributed by atoms with Crippen LogP contribution in [0.25, 0.3) is 0 Å². The van der Waals surface area contributed by atoms with Crippen LogP contribution in [0, 0.1) is 10.1 Å². The third kappa shape index (κ3) is 3.93. The molecule has 1 amide bonds. The zero-order valence-corrected chi connectivity index (χ0v) is 13.0. The van der Waals surface area contributed by atoms with Gasteiger partial charge in [0.15, 0.2) is 0 Å². The van der Waals surface area contributed by atoms with Gasteiger partial charge in [0.1, 0.15) is 5.02 Å². The second kappa shape index (κ2) is 6.89. The van der Waals surface area contributed by atoms with Crippen molar-refractivity contribution in [3.8, 4) is 0 Å². The molecular formula is C13H10Cl2N2O3S. The van der Waals surface area contributed by atoms with E-state index in [1.54, 1.807) is 11.3 Å². The molecule has 0 radical (unpaired) electrons. The molecular weight excluding hydrogens is 335 g/mol. The minimum atomic E-state index is -0.670. The lowest BCUT2D eigenvalue weighted by Gasteiger charge is -2.06. The summed E-state index contributed by atoms with van der Waals surface area (Å²) >= 11 is 13.1. The van der Waals surface area contributed by atoms with E-state index < -0.39 is 10.8 Å². The van der Waals surface area contributed by atoms with Crippen molar-refractivity contribution < 1.29 is 9.72 Å². The van der Waals surface area contributed by atoms with Gasteiger partial charge < -0.3 is 5.32 Å². The number of hydrogen-bond donors (Lipinski definition) is 1. The fraction of sp³-hybridized carbons (Fsp3) is 0.154. The van der Waals surface area contributed by atoms with Gasteiger partial charge in [0, 0.05) is 23.1 Å². The molecule has 5 nitrogen and oxygen atoms in total. The molecule has 0 saturated carbocycles. The Labute approximate surface area is 134 Å². The third-order valence-corrected chi connectivity index (χ3v) is 4.43. The summed E-state index contributed by atoms with van der Waals surface area (Å²) in [5, 5.41) is 15.3. The summed E-state index contributed by atoms with van der Waals surface area (Å²) in [5.41, 5.74) is -0.269. The van der Waals surface area contributed by atoms with E-state index in [1.807, 2.05) is 17.5 Å². The first-order valence-corrected chi connectivity index (χ1v) is 7.56. The van der Waals surface area contributed by atoms with Crippen molar-refractivity contribution in [2.75, 3.05) is 6.54 Å². The van der Waals surface area contributed by atoms with E-state index in [0.29, 0.717) is 13.0 Å². The van der Waals surface area contributed by atoms with Gasteiger partial charge in [-0.25, -0.2) is 0 Å². The summed E-state index contributed by atoms with van der Waals surface area (Å²) in [6.45, 7) is 0.438. The van der Waals surface area contributed by atoms with E-state index in [-0.39, 0.29) is 21.3 Å². The van der Waals surface area contributed by atoms with E-state index >= 15 is 0 Å². The quantitative estimate of drug-likeness (QED) is 0.659. The van der Waals surface area contributed by atoms with Gasteiger partial charge in [-0.2, -0.15) is 0 Å². The number of thiophene rings is 1. The fourth-order valence-corrected chi connectivity index (χ4v) is 2.80. The lowest BCUT2D eigenvalue weighted by Crippen LogP contribution is -2.25. The standard InChI is InChI=1S/C13H10Cl2N2O3S/c14-10-6-8(7-11(12(10)15)17(19)20)13(18)16-4-3-9-2-1-5-21-9/h1-2,5-7H,3-4H2,(H,16,18). The van der Waals surface area contributed by atoms with E-state index in [4.69, 9.17) is 23.2 Å². The van der Waals surface area contributed by atoms with Gasteiger partial charge in [0.25, 0.3) is 11.6 Å². The molecule has 0 saturated heterocycles. The molecule has 1 aromatic heterocycles. The highest BCUT2D eigenvalue weighted by Crippen LogP contribution is 2.33. The molecule has 1 N–H and O–H groups in total. The maximum absolute atomic E-state index is 12.0. The Bertz CT molecular complexity index is 674. The van der Waals surface area contributed by atoms with Crippen molar-refractivity contribution in [1.82, 2.24) is 5.32 Å². The van der Waals surface area contributed by atoms with Crippen molar-refractivity contribution in [2.45, 2.75) is 6.42 Å². The van der Waals surface area contributed by atoms with Gasteiger partial charge in [-0.3, -0.25) is 14.9 Å². The van der Waals surface area contributed by atoms with Crippen LogP contribution in [0.5, 0.6) is 0 Å². The number of hydrogen-bond acceptors (Lipinski definition) is 4. The molecule has 0 atom stereocenters. The predicted octanol–water partition coefficient (Wildman–Crippen LogP) is 3.94. The molecule has 0 unspecified atom stereocenters. The average Bonchev–Trinajstić information content (AvgIpc) is 2.94. The average molecular weight is 345 g/mol. The molecule has 0 aliphatic carbocycles. The summed E-state index contributed by atoms with van der Waals surface area (Å²) < 4.78 is 0. The summed E-state index contributed by atoms with van der Waals surface area (Å²) in [7, 11) is 0. The third-order valence-electron chi connectivity index (χ3n) is 2.70. The first-order valence-electron chi connectivity index (χ1n) is 5.93. The Kier molecular flexibility index (Phi) is 5.17. The minimum Gasteiger partial charge on any atom is -0.352 e. The van der Waals surface area contributed by atoms with Crippen molar-refractivity contribution >= 4 is 46.1 Å². The number of carbonyl (C=O) groups excluding carboxylic acids is 1. The normalized spacial score (nSPS) is 10.4. The van der Waals surface area contributed by atoms with Crippen molar-refractivity contribution in [2.24, 2.45) is 0 Å². The van der Waals surface area contributed by atoms with Crippen LogP contribution in [0.4, 0.5) is 5.69 Å². The second-order valence-electron chi connectivity index (χ2n) is 4.13. The van der Waals surface area contributed by atoms with Gasteiger partial charge >= 0.3 is 0 Å². The molecule has 8 heteroatoms. The van der Waals surface area contributed by atoms with Gasteiger partial charge in [0.2, 0.25) is 0 Å². The SMILES string of the molecule is O=C(NCCc1cccs1)c1cc(Cl)c(Cl)c([N+](=O)[O-])c1. The summed E-state index contributed by atoms with van der Waals surface area (Å²) in [5.74, 6) is -0.423. The molecule has 1 heterocycles. The number of benzene rings is 1. The van der Waals surface area contributed by atoms with E-state index in [1.165, 1.54) is 6.07 Å². The van der Waals surface area contributed by atoms with Crippen LogP contribution in [0.2, 0.25) is 10.0 Å². The maximum Gasteiger partial charge on any atom is 0.290 e. The monoisotopic (exact) mass is 344 g/mol. The smallest absolute Gasteiger partial charge is 0.290 e. The highest BCUT2D eigenvalue weighted by Gasteiger charge is 2.19. The Morgan fingerprint density at radius 1 is 1.38 bits per heavy atom. The van der Waals surface area contributed by atoms with Crippen LogP contribution in [-0.4, -0.2) is 17.4 Å². The van der Waals surface area contributed by atoms with Crippen LogP contribution < -0.4 is 5.32 Å². The van der Waals surface area contributed by atoms with Gasteiger partial charge in [-0.05, 0) is 23.9 Å². The first kappa shape index (κ1) is 15.8.